The molecule has 6 heteroatoms. The van der Waals surface area contributed by atoms with Crippen molar-refractivity contribution in [3.05, 3.63) is 29.6 Å². The summed E-state index contributed by atoms with van der Waals surface area (Å²) in [6, 6.07) is 3.51. The van der Waals surface area contributed by atoms with Crippen LogP contribution in [0.15, 0.2) is 23.1 Å². The molecular weight excluding hydrogens is 245 g/mol. The minimum Gasteiger partial charge on any atom is -0.392 e. The van der Waals surface area contributed by atoms with Crippen molar-refractivity contribution in [2.24, 2.45) is 11.1 Å². The second kappa shape index (κ2) is 4.36. The summed E-state index contributed by atoms with van der Waals surface area (Å²) in [5.74, 6) is -0.386. The predicted octanol–water partition coefficient (Wildman–Crippen LogP) is 0.786. The molecule has 17 heavy (non-hydrogen) atoms. The maximum atomic E-state index is 13.6. The summed E-state index contributed by atoms with van der Waals surface area (Å²) in [5.41, 5.74) is 0.316. The highest BCUT2D eigenvalue weighted by Crippen LogP contribution is 2.34. The molecule has 3 N–H and O–H groups in total. The van der Waals surface area contributed by atoms with E-state index in [0.29, 0.717) is 5.56 Å². The number of sulfonamides is 1. The van der Waals surface area contributed by atoms with Crippen molar-refractivity contribution in [1.29, 1.82) is 0 Å². The van der Waals surface area contributed by atoms with E-state index in [9.17, 15) is 17.9 Å². The molecule has 2 rings (SSSR count). The van der Waals surface area contributed by atoms with Crippen LogP contribution in [0.3, 0.4) is 0 Å². The number of hydrogen-bond donors (Lipinski definition) is 2. The smallest absolute Gasteiger partial charge is 0.238 e. The Morgan fingerprint density at radius 3 is 2.59 bits per heavy atom. The lowest BCUT2D eigenvalue weighted by atomic mass is 10.0. The molecule has 94 valence electrons. The van der Waals surface area contributed by atoms with Gasteiger partial charge in [0.1, 0.15) is 5.82 Å². The number of benzene rings is 1. The van der Waals surface area contributed by atoms with Gasteiger partial charge in [-0.25, -0.2) is 17.9 Å². The maximum absolute atomic E-state index is 13.6. The Morgan fingerprint density at radius 2 is 2.12 bits per heavy atom. The zero-order valence-corrected chi connectivity index (χ0v) is 9.95. The lowest BCUT2D eigenvalue weighted by Gasteiger charge is -2.10. The lowest BCUT2D eigenvalue weighted by molar-refractivity contribution is 0.150. The van der Waals surface area contributed by atoms with Crippen molar-refractivity contribution >= 4 is 10.0 Å². The van der Waals surface area contributed by atoms with E-state index < -0.39 is 21.9 Å². The first-order valence-corrected chi connectivity index (χ1v) is 6.92. The van der Waals surface area contributed by atoms with Gasteiger partial charge in [-0.1, -0.05) is 6.07 Å². The molecule has 1 aliphatic rings. The average Bonchev–Trinajstić information content (AvgIpc) is 3.02. The zero-order chi connectivity index (χ0) is 12.6. The Kier molecular flexibility index (Phi) is 3.20. The number of nitrogens with two attached hydrogens (primary N) is 1. The van der Waals surface area contributed by atoms with Crippen molar-refractivity contribution in [2.45, 2.75) is 30.3 Å². The Hall–Kier alpha value is -0.980. The monoisotopic (exact) mass is 259 g/mol. The molecule has 1 aromatic carbocycles. The van der Waals surface area contributed by atoms with E-state index in [1.54, 1.807) is 0 Å². The second-order valence-corrected chi connectivity index (χ2v) is 5.97. The molecule has 1 aromatic rings. The van der Waals surface area contributed by atoms with Crippen LogP contribution in [0.2, 0.25) is 0 Å². The van der Waals surface area contributed by atoms with E-state index in [1.807, 2.05) is 0 Å². The number of halogens is 1. The quantitative estimate of drug-likeness (QED) is 0.838. The lowest BCUT2D eigenvalue weighted by Crippen LogP contribution is -2.15. The summed E-state index contributed by atoms with van der Waals surface area (Å²) in [7, 11) is -3.88. The zero-order valence-electron chi connectivity index (χ0n) is 9.14. The van der Waals surface area contributed by atoms with Gasteiger partial charge in [-0.05, 0) is 36.5 Å². The molecule has 0 heterocycles. The number of aliphatic hydroxyl groups is 1. The molecule has 0 aliphatic heterocycles. The Balaban J connectivity index is 2.19. The van der Waals surface area contributed by atoms with Crippen LogP contribution in [0.25, 0.3) is 0 Å². The predicted molar refractivity (Wildman–Crippen MR) is 60.2 cm³/mol. The molecule has 1 saturated carbocycles. The SMILES string of the molecule is NS(=O)(=O)c1ccc(CC(O)C2CC2)c(F)c1. The fourth-order valence-electron chi connectivity index (χ4n) is 1.74. The molecule has 1 aliphatic carbocycles. The third-order valence-electron chi connectivity index (χ3n) is 2.95. The minimum atomic E-state index is -3.88. The normalized spacial score (nSPS) is 18.1. The van der Waals surface area contributed by atoms with Crippen molar-refractivity contribution < 1.29 is 17.9 Å². The third kappa shape index (κ3) is 3.02. The van der Waals surface area contributed by atoms with Crippen LogP contribution >= 0.6 is 0 Å². The first-order valence-electron chi connectivity index (χ1n) is 5.37. The van der Waals surface area contributed by atoms with E-state index in [4.69, 9.17) is 5.14 Å². The van der Waals surface area contributed by atoms with Gasteiger partial charge in [-0.15, -0.1) is 0 Å². The van der Waals surface area contributed by atoms with Gasteiger partial charge in [0.2, 0.25) is 10.0 Å². The molecule has 1 unspecified atom stereocenters. The first kappa shape index (κ1) is 12.5. The largest absolute Gasteiger partial charge is 0.392 e. The van der Waals surface area contributed by atoms with Gasteiger partial charge in [0.25, 0.3) is 0 Å². The fourth-order valence-corrected chi connectivity index (χ4v) is 2.27. The van der Waals surface area contributed by atoms with E-state index in [2.05, 4.69) is 0 Å². The van der Waals surface area contributed by atoms with Crippen LogP contribution in [0.5, 0.6) is 0 Å². The summed E-state index contributed by atoms with van der Waals surface area (Å²) in [6.45, 7) is 0. The molecule has 0 amide bonds. The minimum absolute atomic E-state index is 0.210. The molecule has 4 nitrogen and oxygen atoms in total. The van der Waals surface area contributed by atoms with E-state index >= 15 is 0 Å². The Morgan fingerprint density at radius 1 is 1.47 bits per heavy atom. The molecule has 0 saturated heterocycles. The van der Waals surface area contributed by atoms with Crippen LogP contribution < -0.4 is 5.14 Å². The van der Waals surface area contributed by atoms with Gasteiger partial charge in [0, 0.05) is 6.42 Å². The van der Waals surface area contributed by atoms with Gasteiger partial charge in [-0.3, -0.25) is 0 Å². The van der Waals surface area contributed by atoms with Gasteiger partial charge in [-0.2, -0.15) is 0 Å². The van der Waals surface area contributed by atoms with Crippen molar-refractivity contribution in [2.75, 3.05) is 0 Å². The van der Waals surface area contributed by atoms with Crippen LogP contribution in [-0.2, 0) is 16.4 Å². The van der Waals surface area contributed by atoms with Crippen molar-refractivity contribution in [3.63, 3.8) is 0 Å². The number of rotatable bonds is 4. The van der Waals surface area contributed by atoms with E-state index in [-0.39, 0.29) is 17.2 Å². The Bertz CT molecular complexity index is 526. The fraction of sp³-hybridized carbons (Fsp3) is 0.455. The summed E-state index contributed by atoms with van der Waals surface area (Å²) in [4.78, 5) is -0.250. The summed E-state index contributed by atoms with van der Waals surface area (Å²) in [6.07, 6.45) is 1.60. The molecular formula is C11H14FNO3S. The van der Waals surface area contributed by atoms with Crippen LogP contribution in [0, 0.1) is 11.7 Å². The van der Waals surface area contributed by atoms with E-state index in [0.717, 1.165) is 18.9 Å². The molecule has 0 bridgehead atoms. The summed E-state index contributed by atoms with van der Waals surface area (Å²) >= 11 is 0. The average molecular weight is 259 g/mol. The maximum Gasteiger partial charge on any atom is 0.238 e. The molecule has 0 aromatic heterocycles. The van der Waals surface area contributed by atoms with Gasteiger partial charge >= 0.3 is 0 Å². The van der Waals surface area contributed by atoms with Crippen molar-refractivity contribution in [1.82, 2.24) is 0 Å². The van der Waals surface area contributed by atoms with Crippen LogP contribution in [-0.4, -0.2) is 19.6 Å². The first-order chi connectivity index (χ1) is 7.88. The highest BCUT2D eigenvalue weighted by atomic mass is 32.2. The second-order valence-electron chi connectivity index (χ2n) is 4.41. The molecule has 1 atom stereocenters. The standard InChI is InChI=1S/C11H14FNO3S/c12-10-6-9(17(13,15)16)4-3-8(10)5-11(14)7-1-2-7/h3-4,6-7,11,14H,1-2,5H2,(H2,13,15,16). The van der Waals surface area contributed by atoms with Crippen LogP contribution in [0.4, 0.5) is 4.39 Å². The number of aliphatic hydroxyl groups excluding tert-OH is 1. The molecule has 1 fully saturated rings. The molecule has 0 spiro atoms. The van der Waals surface area contributed by atoms with Crippen molar-refractivity contribution in [3.8, 4) is 0 Å². The van der Waals surface area contributed by atoms with Gasteiger partial charge in [0.15, 0.2) is 0 Å². The third-order valence-corrected chi connectivity index (χ3v) is 3.86. The summed E-state index contributed by atoms with van der Waals surface area (Å²) in [5, 5.41) is 14.6. The highest BCUT2D eigenvalue weighted by molar-refractivity contribution is 7.89. The summed E-state index contributed by atoms with van der Waals surface area (Å²) < 4.78 is 35.6. The van der Waals surface area contributed by atoms with E-state index in [1.165, 1.54) is 12.1 Å². The molecule has 0 radical (unpaired) electrons. The Labute approximate surface area is 99.3 Å². The van der Waals surface area contributed by atoms with Crippen LogP contribution in [0.1, 0.15) is 18.4 Å². The van der Waals surface area contributed by atoms with Gasteiger partial charge < -0.3 is 5.11 Å². The topological polar surface area (TPSA) is 80.4 Å². The number of hydrogen-bond acceptors (Lipinski definition) is 3. The van der Waals surface area contributed by atoms with Gasteiger partial charge in [0.05, 0.1) is 11.0 Å². The number of primary sulfonamides is 1. The highest BCUT2D eigenvalue weighted by Gasteiger charge is 2.30.